The molecule has 1 aliphatic rings. The Balaban J connectivity index is 1.99. The van der Waals surface area contributed by atoms with Gasteiger partial charge in [0.1, 0.15) is 4.21 Å². The third kappa shape index (κ3) is 3.15. The highest BCUT2D eigenvalue weighted by Crippen LogP contribution is 2.33. The number of hydrogen-bond donors (Lipinski definition) is 1. The van der Waals surface area contributed by atoms with Crippen LogP contribution in [0.2, 0.25) is 4.34 Å². The van der Waals surface area contributed by atoms with E-state index in [1.54, 1.807) is 13.0 Å². The summed E-state index contributed by atoms with van der Waals surface area (Å²) in [5.74, 6) is 0.365. The molecule has 1 aromatic rings. The highest BCUT2D eigenvalue weighted by Gasteiger charge is 2.29. The van der Waals surface area contributed by atoms with E-state index < -0.39 is 10.0 Å². The Morgan fingerprint density at radius 2 is 2.18 bits per heavy atom. The third-order valence-electron chi connectivity index (χ3n) is 2.84. The summed E-state index contributed by atoms with van der Waals surface area (Å²) in [6, 6.07) is 1.60. The van der Waals surface area contributed by atoms with Crippen LogP contribution in [0.3, 0.4) is 0 Å². The molecule has 7 heteroatoms. The molecule has 0 atom stereocenters. The summed E-state index contributed by atoms with van der Waals surface area (Å²) in [7, 11) is -3.41. The highest BCUT2D eigenvalue weighted by molar-refractivity contribution is 7.91. The molecule has 96 valence electrons. The molecule has 0 amide bonds. The largest absolute Gasteiger partial charge is 0.250 e. The van der Waals surface area contributed by atoms with Crippen molar-refractivity contribution >= 4 is 44.6 Å². The number of sulfonamides is 1. The molecule has 1 aliphatic carbocycles. The first-order valence-electron chi connectivity index (χ1n) is 5.28. The molecule has 1 heterocycles. The van der Waals surface area contributed by atoms with E-state index in [4.69, 9.17) is 23.2 Å². The maximum absolute atomic E-state index is 11.9. The van der Waals surface area contributed by atoms with E-state index in [0.717, 1.165) is 29.7 Å². The van der Waals surface area contributed by atoms with E-state index >= 15 is 0 Å². The number of nitrogens with one attached hydrogen (secondary N) is 1. The molecule has 0 spiro atoms. The normalized spacial score (nSPS) is 24.6. The fraction of sp³-hybridized carbons (Fsp3) is 0.600. The van der Waals surface area contributed by atoms with Crippen LogP contribution in [-0.4, -0.2) is 20.3 Å². The van der Waals surface area contributed by atoms with Gasteiger partial charge in [-0.15, -0.1) is 22.9 Å². The monoisotopic (exact) mass is 313 g/mol. The van der Waals surface area contributed by atoms with Crippen molar-refractivity contribution in [2.75, 3.05) is 6.54 Å². The first-order chi connectivity index (χ1) is 7.88. The van der Waals surface area contributed by atoms with Crippen LogP contribution in [0.4, 0.5) is 0 Å². The Labute approximate surface area is 115 Å². The van der Waals surface area contributed by atoms with Crippen molar-refractivity contribution < 1.29 is 8.42 Å². The second-order valence-corrected chi connectivity index (χ2v) is 8.57. The van der Waals surface area contributed by atoms with E-state index in [1.807, 2.05) is 0 Å². The zero-order valence-corrected chi connectivity index (χ0v) is 12.4. The molecule has 0 unspecified atom stereocenters. The van der Waals surface area contributed by atoms with Crippen LogP contribution in [0.25, 0.3) is 0 Å². The molecule has 0 radical (unpaired) electrons. The SMILES string of the molecule is Cc1cc(S(=O)(=O)NCC2CC(Cl)C2)sc1Cl. The maximum Gasteiger partial charge on any atom is 0.250 e. The summed E-state index contributed by atoms with van der Waals surface area (Å²) in [6.45, 7) is 2.25. The van der Waals surface area contributed by atoms with Gasteiger partial charge in [0.15, 0.2) is 0 Å². The van der Waals surface area contributed by atoms with Crippen LogP contribution < -0.4 is 4.72 Å². The predicted octanol–water partition coefficient (Wildman–Crippen LogP) is 3.01. The molecule has 0 bridgehead atoms. The Kier molecular flexibility index (Phi) is 4.05. The standard InChI is InChI=1S/C10H13Cl2NO2S2/c1-6-2-9(16-10(6)12)17(14,15)13-5-7-3-8(11)4-7/h2,7-8,13H,3-5H2,1H3. The highest BCUT2D eigenvalue weighted by atomic mass is 35.5. The number of halogens is 2. The van der Waals surface area contributed by atoms with Gasteiger partial charge in [-0.1, -0.05) is 11.6 Å². The predicted molar refractivity (Wildman–Crippen MR) is 71.6 cm³/mol. The van der Waals surface area contributed by atoms with Gasteiger partial charge in [0.2, 0.25) is 10.0 Å². The molecule has 17 heavy (non-hydrogen) atoms. The molecular weight excluding hydrogens is 301 g/mol. The molecular formula is C10H13Cl2NO2S2. The quantitative estimate of drug-likeness (QED) is 0.869. The average Bonchev–Trinajstić information content (AvgIpc) is 2.53. The lowest BCUT2D eigenvalue weighted by Crippen LogP contribution is -2.36. The van der Waals surface area contributed by atoms with Gasteiger partial charge in [-0.25, -0.2) is 13.1 Å². The van der Waals surface area contributed by atoms with Crippen LogP contribution >= 0.6 is 34.5 Å². The lowest BCUT2D eigenvalue weighted by atomic mass is 9.85. The molecule has 1 aromatic heterocycles. The van der Waals surface area contributed by atoms with Crippen LogP contribution in [0.1, 0.15) is 18.4 Å². The second kappa shape index (κ2) is 5.05. The lowest BCUT2D eigenvalue weighted by Gasteiger charge is -2.30. The maximum atomic E-state index is 11.9. The fourth-order valence-corrected chi connectivity index (χ4v) is 5.06. The summed E-state index contributed by atoms with van der Waals surface area (Å²) in [5, 5.41) is 0.211. The Morgan fingerprint density at radius 3 is 2.65 bits per heavy atom. The van der Waals surface area contributed by atoms with E-state index in [1.165, 1.54) is 0 Å². The summed E-state index contributed by atoms with van der Waals surface area (Å²) in [4.78, 5) is 0. The van der Waals surface area contributed by atoms with Crippen molar-refractivity contribution in [2.45, 2.75) is 29.4 Å². The smallest absolute Gasteiger partial charge is 0.210 e. The lowest BCUT2D eigenvalue weighted by molar-refractivity contribution is 0.324. The number of aryl methyl sites for hydroxylation is 1. The molecule has 2 rings (SSSR count). The summed E-state index contributed by atoms with van der Waals surface area (Å²) in [6.07, 6.45) is 1.77. The van der Waals surface area contributed by atoms with Crippen molar-refractivity contribution in [3.05, 3.63) is 16.0 Å². The summed E-state index contributed by atoms with van der Waals surface area (Å²) < 4.78 is 27.3. The van der Waals surface area contributed by atoms with Crippen molar-refractivity contribution in [3.63, 3.8) is 0 Å². The summed E-state index contributed by atoms with van der Waals surface area (Å²) >= 11 is 12.8. The number of alkyl halides is 1. The van der Waals surface area contributed by atoms with Gasteiger partial charge in [-0.05, 0) is 37.3 Å². The van der Waals surface area contributed by atoms with E-state index in [0.29, 0.717) is 16.8 Å². The summed E-state index contributed by atoms with van der Waals surface area (Å²) in [5.41, 5.74) is 0.793. The van der Waals surface area contributed by atoms with Crippen LogP contribution in [-0.2, 0) is 10.0 Å². The molecule has 0 aliphatic heterocycles. The number of thiophene rings is 1. The van der Waals surface area contributed by atoms with E-state index in [2.05, 4.69) is 4.72 Å². The van der Waals surface area contributed by atoms with Gasteiger partial charge in [0.25, 0.3) is 0 Å². The molecule has 1 fully saturated rings. The zero-order chi connectivity index (χ0) is 12.6. The third-order valence-corrected chi connectivity index (χ3v) is 6.65. The van der Waals surface area contributed by atoms with Gasteiger partial charge in [0.05, 0.1) is 4.34 Å². The van der Waals surface area contributed by atoms with E-state index in [9.17, 15) is 8.42 Å². The van der Waals surface area contributed by atoms with Crippen LogP contribution in [0.5, 0.6) is 0 Å². The Hall–Kier alpha value is 0.190. The van der Waals surface area contributed by atoms with Gasteiger partial charge in [-0.3, -0.25) is 0 Å². The second-order valence-electron chi connectivity index (χ2n) is 4.31. The van der Waals surface area contributed by atoms with Crippen LogP contribution in [0, 0.1) is 12.8 Å². The minimum absolute atomic E-state index is 0.211. The molecule has 1 saturated carbocycles. The van der Waals surface area contributed by atoms with E-state index in [-0.39, 0.29) is 9.59 Å². The minimum atomic E-state index is -3.41. The Morgan fingerprint density at radius 1 is 1.53 bits per heavy atom. The average molecular weight is 314 g/mol. The number of hydrogen-bond acceptors (Lipinski definition) is 3. The van der Waals surface area contributed by atoms with Crippen molar-refractivity contribution in [1.82, 2.24) is 4.72 Å². The minimum Gasteiger partial charge on any atom is -0.210 e. The van der Waals surface area contributed by atoms with Crippen molar-refractivity contribution in [3.8, 4) is 0 Å². The number of rotatable bonds is 4. The van der Waals surface area contributed by atoms with Crippen LogP contribution in [0.15, 0.2) is 10.3 Å². The van der Waals surface area contributed by atoms with Gasteiger partial charge in [0, 0.05) is 11.9 Å². The fourth-order valence-electron chi connectivity index (χ4n) is 1.68. The van der Waals surface area contributed by atoms with Crippen molar-refractivity contribution in [1.29, 1.82) is 0 Å². The van der Waals surface area contributed by atoms with Gasteiger partial charge in [-0.2, -0.15) is 0 Å². The topological polar surface area (TPSA) is 46.2 Å². The zero-order valence-electron chi connectivity index (χ0n) is 9.24. The molecule has 3 nitrogen and oxygen atoms in total. The first kappa shape index (κ1) is 13.6. The molecule has 0 aromatic carbocycles. The van der Waals surface area contributed by atoms with Gasteiger partial charge < -0.3 is 0 Å². The van der Waals surface area contributed by atoms with Crippen molar-refractivity contribution in [2.24, 2.45) is 5.92 Å². The molecule has 0 saturated heterocycles. The Bertz CT molecular complexity index is 487. The first-order valence-corrected chi connectivity index (χ1v) is 8.39. The molecule has 1 N–H and O–H groups in total. The van der Waals surface area contributed by atoms with Gasteiger partial charge >= 0.3 is 0 Å².